The van der Waals surface area contributed by atoms with Crippen LogP contribution in [0.1, 0.15) is 28.4 Å². The summed E-state index contributed by atoms with van der Waals surface area (Å²) in [6, 6.07) is 7.66. The van der Waals surface area contributed by atoms with E-state index in [1.807, 2.05) is 61.0 Å². The Morgan fingerprint density at radius 3 is 2.85 bits per heavy atom. The number of aliphatic imine (C=N–C) groups is 1. The predicted molar refractivity (Wildman–Crippen MR) is 104 cm³/mol. The minimum Gasteiger partial charge on any atom is -0.366 e. The number of rotatable bonds is 6. The van der Waals surface area contributed by atoms with Crippen molar-refractivity contribution >= 4 is 29.0 Å². The van der Waals surface area contributed by atoms with Crippen molar-refractivity contribution in [1.29, 1.82) is 0 Å². The van der Waals surface area contributed by atoms with Crippen molar-refractivity contribution in [2.75, 3.05) is 13.6 Å². The van der Waals surface area contributed by atoms with Crippen LogP contribution in [0.3, 0.4) is 0 Å². The second-order valence-corrected chi connectivity index (χ2v) is 6.41. The van der Waals surface area contributed by atoms with Crippen LogP contribution in [0.5, 0.6) is 0 Å². The summed E-state index contributed by atoms with van der Waals surface area (Å²) in [6.45, 7) is 7.13. The van der Waals surface area contributed by atoms with Crippen molar-refractivity contribution in [3.63, 3.8) is 0 Å². The fourth-order valence-electron chi connectivity index (χ4n) is 2.75. The lowest BCUT2D eigenvalue weighted by Gasteiger charge is -2.12. The van der Waals surface area contributed by atoms with Gasteiger partial charge in [-0.15, -0.1) is 0 Å². The Morgan fingerprint density at radius 1 is 1.27 bits per heavy atom. The van der Waals surface area contributed by atoms with Crippen LogP contribution in [-0.2, 0) is 6.54 Å². The first-order valence-corrected chi connectivity index (χ1v) is 8.64. The lowest BCUT2D eigenvalue weighted by atomic mass is 10.0. The zero-order chi connectivity index (χ0) is 18.7. The van der Waals surface area contributed by atoms with Crippen LogP contribution >= 0.6 is 0 Å². The van der Waals surface area contributed by atoms with Crippen molar-refractivity contribution in [1.82, 2.24) is 19.4 Å². The highest BCUT2D eigenvalue weighted by Crippen LogP contribution is 2.24. The second kappa shape index (κ2) is 7.47. The van der Waals surface area contributed by atoms with Crippen LogP contribution in [0, 0.1) is 13.8 Å². The molecule has 134 valence electrons. The quantitative estimate of drug-likeness (QED) is 0.388. The van der Waals surface area contributed by atoms with Crippen LogP contribution in [0.4, 0.5) is 5.69 Å². The third-order valence-corrected chi connectivity index (χ3v) is 4.44. The molecule has 1 aromatic carbocycles. The summed E-state index contributed by atoms with van der Waals surface area (Å²) in [5.74, 6) is 0.0509. The number of aryl methyl sites for hydroxylation is 2. The van der Waals surface area contributed by atoms with Crippen molar-refractivity contribution in [3.8, 4) is 0 Å². The SMILES string of the molecule is CCN(C)C=Nc1cc(C)c(C(=O)Cn2cnc3ncccc32)cc1C. The average Bonchev–Trinajstić information content (AvgIpc) is 3.04. The number of aromatic nitrogens is 3. The number of fused-ring (bicyclic) bond motifs is 1. The molecule has 0 fully saturated rings. The molecular weight excluding hydrogens is 326 g/mol. The van der Waals surface area contributed by atoms with Crippen molar-refractivity contribution in [2.24, 2.45) is 4.99 Å². The minimum absolute atomic E-state index is 0.0509. The lowest BCUT2D eigenvalue weighted by molar-refractivity contribution is 0.0972. The molecule has 0 aliphatic heterocycles. The van der Waals surface area contributed by atoms with Gasteiger partial charge in [0, 0.05) is 25.4 Å². The standard InChI is InChI=1S/C20H23N5O/c1-5-24(4)12-22-17-10-14(2)16(9-15(17)3)19(26)11-25-13-23-20-18(25)7-6-8-21-20/h6-10,12-13H,5,11H2,1-4H3. The monoisotopic (exact) mass is 349 g/mol. The largest absolute Gasteiger partial charge is 0.366 e. The van der Waals surface area contributed by atoms with E-state index in [0.29, 0.717) is 5.65 Å². The van der Waals surface area contributed by atoms with Gasteiger partial charge in [-0.25, -0.2) is 15.0 Å². The predicted octanol–water partition coefficient (Wildman–Crippen LogP) is 3.54. The smallest absolute Gasteiger partial charge is 0.182 e. The number of imidazole rings is 1. The van der Waals surface area contributed by atoms with Gasteiger partial charge in [0.05, 0.1) is 30.4 Å². The van der Waals surface area contributed by atoms with Crippen LogP contribution < -0.4 is 0 Å². The summed E-state index contributed by atoms with van der Waals surface area (Å²) >= 11 is 0. The van der Waals surface area contributed by atoms with Gasteiger partial charge in [0.25, 0.3) is 0 Å². The molecule has 0 N–H and O–H groups in total. The Labute approximate surface area is 153 Å². The topological polar surface area (TPSA) is 63.4 Å². The summed E-state index contributed by atoms with van der Waals surface area (Å²) < 4.78 is 1.84. The molecule has 0 amide bonds. The molecule has 0 aliphatic rings. The van der Waals surface area contributed by atoms with E-state index in [2.05, 4.69) is 21.9 Å². The van der Waals surface area contributed by atoms with Gasteiger partial charge >= 0.3 is 0 Å². The number of ketones is 1. The molecule has 3 aromatic rings. The number of benzene rings is 1. The molecule has 26 heavy (non-hydrogen) atoms. The van der Waals surface area contributed by atoms with Crippen LogP contribution in [-0.4, -0.2) is 45.1 Å². The van der Waals surface area contributed by atoms with Crippen molar-refractivity contribution in [2.45, 2.75) is 27.3 Å². The molecule has 0 saturated carbocycles. The third-order valence-electron chi connectivity index (χ3n) is 4.44. The van der Waals surface area contributed by atoms with Crippen LogP contribution in [0.15, 0.2) is 41.8 Å². The number of carbonyl (C=O) groups is 1. The summed E-state index contributed by atoms with van der Waals surface area (Å²) in [6.07, 6.45) is 5.18. The Hall–Kier alpha value is -3.02. The molecule has 3 rings (SSSR count). The molecule has 2 heterocycles. The molecule has 0 aliphatic carbocycles. The highest BCUT2D eigenvalue weighted by atomic mass is 16.1. The van der Waals surface area contributed by atoms with E-state index in [-0.39, 0.29) is 12.3 Å². The van der Waals surface area contributed by atoms with Gasteiger partial charge in [0.2, 0.25) is 0 Å². The molecule has 6 nitrogen and oxygen atoms in total. The van der Waals surface area contributed by atoms with Crippen LogP contribution in [0.25, 0.3) is 11.2 Å². The zero-order valence-corrected chi connectivity index (χ0v) is 15.6. The maximum absolute atomic E-state index is 12.8. The maximum Gasteiger partial charge on any atom is 0.182 e. The summed E-state index contributed by atoms with van der Waals surface area (Å²) in [7, 11) is 1.98. The van der Waals surface area contributed by atoms with E-state index < -0.39 is 0 Å². The zero-order valence-electron chi connectivity index (χ0n) is 15.6. The highest BCUT2D eigenvalue weighted by molar-refractivity contribution is 5.98. The minimum atomic E-state index is 0.0509. The molecule has 0 spiro atoms. The molecular formula is C20H23N5O. The summed E-state index contributed by atoms with van der Waals surface area (Å²) in [5, 5.41) is 0. The number of pyridine rings is 1. The second-order valence-electron chi connectivity index (χ2n) is 6.41. The number of nitrogens with zero attached hydrogens (tertiary/aromatic N) is 5. The van der Waals surface area contributed by atoms with Gasteiger partial charge in [0.15, 0.2) is 11.4 Å². The molecule has 0 unspecified atom stereocenters. The highest BCUT2D eigenvalue weighted by Gasteiger charge is 2.14. The number of hydrogen-bond acceptors (Lipinski definition) is 4. The average molecular weight is 349 g/mol. The van der Waals surface area contributed by atoms with E-state index in [9.17, 15) is 4.79 Å². The fourth-order valence-corrected chi connectivity index (χ4v) is 2.75. The molecule has 0 atom stereocenters. The Morgan fingerprint density at radius 2 is 2.08 bits per heavy atom. The van der Waals surface area contributed by atoms with E-state index in [1.54, 1.807) is 12.5 Å². The first-order valence-electron chi connectivity index (χ1n) is 8.64. The molecule has 0 saturated heterocycles. The van der Waals surface area contributed by atoms with Gasteiger partial charge in [-0.05, 0) is 56.2 Å². The van der Waals surface area contributed by atoms with Gasteiger partial charge < -0.3 is 9.47 Å². The normalized spacial score (nSPS) is 11.4. The third kappa shape index (κ3) is 3.64. The number of Topliss-reactive ketones (excluding diaryl/α,β-unsaturated/α-hetero) is 1. The van der Waals surface area contributed by atoms with Gasteiger partial charge in [-0.3, -0.25) is 4.79 Å². The molecule has 0 bridgehead atoms. The van der Waals surface area contributed by atoms with E-state index in [0.717, 1.165) is 34.4 Å². The Kier molecular flexibility index (Phi) is 5.11. The molecule has 6 heteroatoms. The maximum atomic E-state index is 12.8. The fraction of sp³-hybridized carbons (Fsp3) is 0.300. The Bertz CT molecular complexity index is 973. The van der Waals surface area contributed by atoms with E-state index >= 15 is 0 Å². The van der Waals surface area contributed by atoms with Gasteiger partial charge in [-0.1, -0.05) is 0 Å². The van der Waals surface area contributed by atoms with E-state index in [1.165, 1.54) is 0 Å². The Balaban J connectivity index is 1.85. The number of hydrogen-bond donors (Lipinski definition) is 0. The van der Waals surface area contributed by atoms with E-state index in [4.69, 9.17) is 0 Å². The summed E-state index contributed by atoms with van der Waals surface area (Å²) in [4.78, 5) is 27.8. The van der Waals surface area contributed by atoms with Crippen molar-refractivity contribution in [3.05, 3.63) is 53.5 Å². The van der Waals surface area contributed by atoms with Crippen molar-refractivity contribution < 1.29 is 4.79 Å². The first-order chi connectivity index (χ1) is 12.5. The molecule has 0 radical (unpaired) electrons. The van der Waals surface area contributed by atoms with Gasteiger partial charge in [0.1, 0.15) is 0 Å². The first kappa shape index (κ1) is 17.8. The van der Waals surface area contributed by atoms with Crippen LogP contribution in [0.2, 0.25) is 0 Å². The number of carbonyl (C=O) groups excluding carboxylic acids is 1. The van der Waals surface area contributed by atoms with Gasteiger partial charge in [-0.2, -0.15) is 0 Å². The molecule has 2 aromatic heterocycles. The summed E-state index contributed by atoms with van der Waals surface area (Å²) in [5.41, 5.74) is 5.02. The lowest BCUT2D eigenvalue weighted by Crippen LogP contribution is -2.14.